The normalized spacial score (nSPS) is 37.7. The van der Waals surface area contributed by atoms with E-state index in [1.807, 2.05) is 18.2 Å². The second-order valence-electron chi connectivity index (χ2n) is 5.63. The predicted molar refractivity (Wildman–Crippen MR) is 67.6 cm³/mol. The van der Waals surface area contributed by atoms with Gasteiger partial charge in [0.1, 0.15) is 11.5 Å². The molecule has 20 heavy (non-hydrogen) atoms. The molecule has 0 aromatic carbocycles. The first-order chi connectivity index (χ1) is 9.61. The summed E-state index contributed by atoms with van der Waals surface area (Å²) in [6.07, 6.45) is 4.99. The topological polar surface area (TPSA) is 82.6 Å². The van der Waals surface area contributed by atoms with Crippen molar-refractivity contribution in [1.29, 1.82) is 0 Å². The van der Waals surface area contributed by atoms with E-state index in [0.717, 1.165) is 5.69 Å². The largest absolute Gasteiger partial charge is 0.481 e. The summed E-state index contributed by atoms with van der Waals surface area (Å²) in [6, 6.07) is 3.78. The van der Waals surface area contributed by atoms with Crippen molar-refractivity contribution in [3.8, 4) is 0 Å². The number of rotatable bonds is 3. The molecule has 6 nitrogen and oxygen atoms in total. The van der Waals surface area contributed by atoms with Crippen molar-refractivity contribution < 1.29 is 19.4 Å². The van der Waals surface area contributed by atoms with Crippen LogP contribution in [0.4, 0.5) is 0 Å². The number of aliphatic carboxylic acids is 1. The molecule has 0 radical (unpaired) electrons. The van der Waals surface area contributed by atoms with Gasteiger partial charge >= 0.3 is 5.97 Å². The van der Waals surface area contributed by atoms with Crippen LogP contribution in [0.15, 0.2) is 30.5 Å². The Morgan fingerprint density at radius 2 is 2.45 bits per heavy atom. The summed E-state index contributed by atoms with van der Waals surface area (Å²) in [4.78, 5) is 28.7. The molecular weight excluding hydrogens is 260 g/mol. The molecule has 2 saturated heterocycles. The van der Waals surface area contributed by atoms with E-state index in [0.29, 0.717) is 13.1 Å². The predicted octanol–water partition coefficient (Wildman–Crippen LogP) is 0.381. The van der Waals surface area contributed by atoms with Crippen LogP contribution in [0.1, 0.15) is 5.69 Å². The molecule has 6 heteroatoms. The number of carbonyl (C=O) groups is 2. The second kappa shape index (κ2) is 3.73. The molecule has 4 rings (SSSR count). The van der Waals surface area contributed by atoms with Gasteiger partial charge in [0, 0.05) is 11.9 Å². The summed E-state index contributed by atoms with van der Waals surface area (Å²) < 4.78 is 5.81. The third-order valence-electron chi connectivity index (χ3n) is 4.49. The lowest BCUT2D eigenvalue weighted by Crippen LogP contribution is -2.39. The average Bonchev–Trinajstić information content (AvgIpc) is 3.12. The minimum Gasteiger partial charge on any atom is -0.481 e. The Morgan fingerprint density at radius 1 is 1.60 bits per heavy atom. The highest BCUT2D eigenvalue weighted by molar-refractivity contribution is 5.90. The van der Waals surface area contributed by atoms with Crippen molar-refractivity contribution in [1.82, 2.24) is 9.88 Å². The first kappa shape index (κ1) is 11.7. The van der Waals surface area contributed by atoms with Gasteiger partial charge in [-0.2, -0.15) is 0 Å². The van der Waals surface area contributed by atoms with E-state index >= 15 is 0 Å². The van der Waals surface area contributed by atoms with Crippen molar-refractivity contribution in [2.45, 2.75) is 18.2 Å². The first-order valence-electron chi connectivity index (χ1n) is 6.62. The van der Waals surface area contributed by atoms with Crippen molar-refractivity contribution in [3.63, 3.8) is 0 Å². The molecule has 3 aliphatic heterocycles. The van der Waals surface area contributed by atoms with Crippen LogP contribution in [0, 0.1) is 11.8 Å². The molecule has 0 saturated carbocycles. The molecule has 4 heterocycles. The maximum atomic E-state index is 12.5. The van der Waals surface area contributed by atoms with E-state index in [-0.39, 0.29) is 5.91 Å². The minimum atomic E-state index is -0.957. The zero-order chi connectivity index (χ0) is 13.9. The number of ether oxygens (including phenoxy) is 1. The maximum absolute atomic E-state index is 12.5. The molecular formula is C14H14N2O4. The van der Waals surface area contributed by atoms with Gasteiger partial charge < -0.3 is 19.7 Å². The molecule has 1 spiro atoms. The van der Waals surface area contributed by atoms with E-state index in [9.17, 15) is 14.7 Å². The second-order valence-corrected chi connectivity index (χ2v) is 5.63. The smallest absolute Gasteiger partial charge is 0.310 e. The van der Waals surface area contributed by atoms with Crippen LogP contribution in [0.5, 0.6) is 0 Å². The van der Waals surface area contributed by atoms with E-state index < -0.39 is 29.5 Å². The minimum absolute atomic E-state index is 0.126. The highest BCUT2D eigenvalue weighted by Crippen LogP contribution is 2.51. The number of amides is 1. The SMILES string of the molecule is O=C(O)C1C2C=CC3(CN(Cc4ccc[nH]4)C(=O)C13)O2. The summed E-state index contributed by atoms with van der Waals surface area (Å²) >= 11 is 0. The Hall–Kier alpha value is -2.08. The molecule has 2 N–H and O–H groups in total. The number of H-pyrrole nitrogens is 1. The number of aromatic amines is 1. The monoisotopic (exact) mass is 274 g/mol. The summed E-state index contributed by atoms with van der Waals surface area (Å²) in [6.45, 7) is 0.880. The van der Waals surface area contributed by atoms with E-state index in [1.54, 1.807) is 17.2 Å². The number of carboxylic acid groups (broad SMARTS) is 1. The number of fused-ring (bicyclic) bond motifs is 1. The van der Waals surface area contributed by atoms with Crippen LogP contribution in [-0.2, 0) is 20.9 Å². The van der Waals surface area contributed by atoms with E-state index in [4.69, 9.17) is 4.74 Å². The molecule has 2 fully saturated rings. The van der Waals surface area contributed by atoms with Crippen LogP contribution in [-0.4, -0.2) is 45.1 Å². The average molecular weight is 274 g/mol. The van der Waals surface area contributed by atoms with Gasteiger partial charge in [-0.15, -0.1) is 0 Å². The van der Waals surface area contributed by atoms with E-state index in [2.05, 4.69) is 4.98 Å². The Bertz CT molecular complexity index is 609. The fraction of sp³-hybridized carbons (Fsp3) is 0.429. The van der Waals surface area contributed by atoms with Gasteiger partial charge in [-0.3, -0.25) is 9.59 Å². The standard InChI is InChI=1S/C14H14N2O4/c17-12-11-10(13(18)19)9-3-4-14(11,20-9)7-16(12)6-8-2-1-5-15-8/h1-5,9-11,15H,6-7H2,(H,18,19). The highest BCUT2D eigenvalue weighted by atomic mass is 16.5. The van der Waals surface area contributed by atoms with Gasteiger partial charge in [0.25, 0.3) is 0 Å². The third-order valence-corrected chi connectivity index (χ3v) is 4.49. The number of carboxylic acids is 1. The summed E-state index contributed by atoms with van der Waals surface area (Å²) in [7, 11) is 0. The Kier molecular flexibility index (Phi) is 2.18. The molecule has 2 bridgehead atoms. The van der Waals surface area contributed by atoms with Crippen LogP contribution in [0.25, 0.3) is 0 Å². The maximum Gasteiger partial charge on any atom is 0.310 e. The van der Waals surface area contributed by atoms with Gasteiger partial charge in [0.15, 0.2) is 0 Å². The van der Waals surface area contributed by atoms with Gasteiger partial charge in [-0.1, -0.05) is 12.2 Å². The van der Waals surface area contributed by atoms with Gasteiger partial charge in [0.05, 0.1) is 25.1 Å². The molecule has 4 atom stereocenters. The molecule has 3 aliphatic rings. The van der Waals surface area contributed by atoms with Crippen LogP contribution < -0.4 is 0 Å². The Labute approximate surface area is 115 Å². The summed E-state index contributed by atoms with van der Waals surface area (Å²) in [5.74, 6) is -2.44. The molecule has 4 unspecified atom stereocenters. The lowest BCUT2D eigenvalue weighted by atomic mass is 9.77. The van der Waals surface area contributed by atoms with Crippen LogP contribution >= 0.6 is 0 Å². The molecule has 1 aromatic rings. The van der Waals surface area contributed by atoms with Crippen molar-refractivity contribution >= 4 is 11.9 Å². The van der Waals surface area contributed by atoms with Crippen LogP contribution in [0.3, 0.4) is 0 Å². The molecule has 1 aromatic heterocycles. The number of nitrogens with one attached hydrogen (secondary N) is 1. The van der Waals surface area contributed by atoms with Crippen molar-refractivity contribution in [3.05, 3.63) is 36.2 Å². The Balaban J connectivity index is 1.65. The highest BCUT2D eigenvalue weighted by Gasteiger charge is 2.66. The summed E-state index contributed by atoms with van der Waals surface area (Å²) in [5.41, 5.74) is 0.192. The van der Waals surface area contributed by atoms with Gasteiger partial charge in [0.2, 0.25) is 5.91 Å². The van der Waals surface area contributed by atoms with Gasteiger partial charge in [-0.25, -0.2) is 0 Å². The van der Waals surface area contributed by atoms with Crippen LogP contribution in [0.2, 0.25) is 0 Å². The quantitative estimate of drug-likeness (QED) is 0.781. The lowest BCUT2D eigenvalue weighted by Gasteiger charge is -2.21. The fourth-order valence-electron chi connectivity index (χ4n) is 3.67. The fourth-order valence-corrected chi connectivity index (χ4v) is 3.67. The van der Waals surface area contributed by atoms with Crippen molar-refractivity contribution in [2.75, 3.05) is 6.54 Å². The molecule has 1 amide bonds. The molecule has 104 valence electrons. The third kappa shape index (κ3) is 1.37. The number of hydrogen-bond donors (Lipinski definition) is 2. The summed E-state index contributed by atoms with van der Waals surface area (Å²) in [5, 5.41) is 9.35. The number of nitrogens with zero attached hydrogens (tertiary/aromatic N) is 1. The number of likely N-dealkylation sites (tertiary alicyclic amines) is 1. The molecule has 0 aliphatic carbocycles. The number of carbonyl (C=O) groups excluding carboxylic acids is 1. The number of aromatic nitrogens is 1. The lowest BCUT2D eigenvalue weighted by molar-refractivity contribution is -0.148. The Morgan fingerprint density at radius 3 is 3.15 bits per heavy atom. The van der Waals surface area contributed by atoms with Gasteiger partial charge in [-0.05, 0) is 12.1 Å². The number of hydrogen-bond acceptors (Lipinski definition) is 3. The van der Waals surface area contributed by atoms with Crippen molar-refractivity contribution in [2.24, 2.45) is 11.8 Å². The first-order valence-corrected chi connectivity index (χ1v) is 6.62. The van der Waals surface area contributed by atoms with E-state index in [1.165, 1.54) is 0 Å². The zero-order valence-electron chi connectivity index (χ0n) is 10.7. The zero-order valence-corrected chi connectivity index (χ0v) is 10.7.